The molecule has 3 amide bonds. The van der Waals surface area contributed by atoms with Crippen molar-refractivity contribution in [2.75, 3.05) is 31.6 Å². The molecule has 7 heteroatoms. The number of nitrogens with one attached hydrogen (secondary N) is 2. The largest absolute Gasteiger partial charge is 0.482 e. The number of carbonyl (C=O) groups excluding carboxylic acids is 2. The summed E-state index contributed by atoms with van der Waals surface area (Å²) in [6.07, 6.45) is 1.67. The van der Waals surface area contributed by atoms with Crippen molar-refractivity contribution < 1.29 is 19.4 Å². The molecule has 0 aliphatic carbocycles. The summed E-state index contributed by atoms with van der Waals surface area (Å²) >= 11 is 0. The van der Waals surface area contributed by atoms with Gasteiger partial charge in [0, 0.05) is 19.7 Å². The fraction of sp³-hybridized carbons (Fsp3) is 0.529. The molecule has 1 unspecified atom stereocenters. The van der Waals surface area contributed by atoms with E-state index in [0.29, 0.717) is 30.4 Å². The molecule has 24 heavy (non-hydrogen) atoms. The van der Waals surface area contributed by atoms with Gasteiger partial charge in [-0.1, -0.05) is 6.07 Å². The quantitative estimate of drug-likeness (QED) is 0.782. The minimum absolute atomic E-state index is 0.0302. The fourth-order valence-electron chi connectivity index (χ4n) is 3.05. The second-order valence-electron chi connectivity index (χ2n) is 6.38. The van der Waals surface area contributed by atoms with Gasteiger partial charge in [-0.2, -0.15) is 0 Å². The molecule has 1 saturated heterocycles. The maximum Gasteiger partial charge on any atom is 0.317 e. The van der Waals surface area contributed by atoms with Gasteiger partial charge >= 0.3 is 6.03 Å². The molecule has 3 N–H and O–H groups in total. The molecule has 3 rings (SSSR count). The number of benzene rings is 1. The number of ether oxygens (including phenoxy) is 1. The number of aliphatic hydroxyl groups is 1. The average molecular weight is 333 g/mol. The molecular weight excluding hydrogens is 310 g/mol. The molecule has 0 radical (unpaired) electrons. The van der Waals surface area contributed by atoms with E-state index in [-0.39, 0.29) is 31.2 Å². The van der Waals surface area contributed by atoms with Gasteiger partial charge in [0.15, 0.2) is 6.61 Å². The highest BCUT2D eigenvalue weighted by molar-refractivity contribution is 5.95. The Labute approximate surface area is 141 Å². The number of amides is 3. The molecule has 0 saturated carbocycles. The first-order chi connectivity index (χ1) is 11.6. The van der Waals surface area contributed by atoms with Crippen molar-refractivity contribution >= 4 is 17.6 Å². The van der Waals surface area contributed by atoms with Crippen LogP contribution in [0.25, 0.3) is 0 Å². The van der Waals surface area contributed by atoms with Gasteiger partial charge < -0.3 is 25.4 Å². The van der Waals surface area contributed by atoms with Crippen LogP contribution in [0, 0.1) is 5.92 Å². The summed E-state index contributed by atoms with van der Waals surface area (Å²) < 4.78 is 5.34. The Hall–Kier alpha value is -2.28. The molecule has 0 bridgehead atoms. The molecular formula is C17H23N3O4. The molecule has 7 nitrogen and oxygen atoms in total. The van der Waals surface area contributed by atoms with E-state index in [1.807, 2.05) is 19.1 Å². The number of rotatable bonds is 3. The Bertz CT molecular complexity index is 626. The average Bonchev–Trinajstić information content (AvgIpc) is 2.61. The lowest BCUT2D eigenvalue weighted by atomic mass is 9.98. The van der Waals surface area contributed by atoms with Gasteiger partial charge in [0.25, 0.3) is 5.91 Å². The van der Waals surface area contributed by atoms with Gasteiger partial charge in [0.05, 0.1) is 11.7 Å². The van der Waals surface area contributed by atoms with Crippen LogP contribution in [0.1, 0.15) is 31.4 Å². The summed E-state index contributed by atoms with van der Waals surface area (Å²) in [6.45, 7) is 3.46. The number of carbonyl (C=O) groups is 2. The van der Waals surface area contributed by atoms with Crippen molar-refractivity contribution in [1.82, 2.24) is 10.2 Å². The first-order valence-corrected chi connectivity index (χ1v) is 8.29. The maximum absolute atomic E-state index is 12.4. The van der Waals surface area contributed by atoms with E-state index in [9.17, 15) is 9.59 Å². The van der Waals surface area contributed by atoms with Crippen molar-refractivity contribution in [2.45, 2.75) is 25.8 Å². The molecule has 130 valence electrons. The maximum atomic E-state index is 12.4. The highest BCUT2D eigenvalue weighted by Crippen LogP contribution is 2.30. The molecule has 1 aromatic carbocycles. The minimum Gasteiger partial charge on any atom is -0.482 e. The Morgan fingerprint density at radius 2 is 2.21 bits per heavy atom. The molecule has 0 spiro atoms. The summed E-state index contributed by atoms with van der Waals surface area (Å²) in [6, 6.07) is 5.24. The van der Waals surface area contributed by atoms with Crippen LogP contribution in [0.3, 0.4) is 0 Å². The number of fused-ring (bicyclic) bond motifs is 1. The van der Waals surface area contributed by atoms with Crippen LogP contribution in [0.5, 0.6) is 5.75 Å². The number of piperidine rings is 1. The van der Waals surface area contributed by atoms with Crippen LogP contribution < -0.4 is 15.4 Å². The second-order valence-corrected chi connectivity index (χ2v) is 6.38. The van der Waals surface area contributed by atoms with E-state index in [1.165, 1.54) is 0 Å². The monoisotopic (exact) mass is 333 g/mol. The van der Waals surface area contributed by atoms with Crippen molar-refractivity contribution in [3.05, 3.63) is 23.8 Å². The van der Waals surface area contributed by atoms with Crippen LogP contribution in [-0.2, 0) is 4.79 Å². The van der Waals surface area contributed by atoms with Gasteiger partial charge in [-0.3, -0.25) is 4.79 Å². The normalized spacial score (nSPS) is 19.1. The summed E-state index contributed by atoms with van der Waals surface area (Å²) in [4.78, 5) is 25.6. The number of hydrogen-bond acceptors (Lipinski definition) is 4. The summed E-state index contributed by atoms with van der Waals surface area (Å²) in [5.41, 5.74) is 1.53. The van der Waals surface area contributed by atoms with Gasteiger partial charge in [-0.05, 0) is 43.4 Å². The number of aliphatic hydroxyl groups excluding tert-OH is 1. The molecule has 2 aliphatic rings. The van der Waals surface area contributed by atoms with Crippen molar-refractivity contribution in [2.24, 2.45) is 5.92 Å². The standard InChI is InChI=1S/C17H23N3O4/c1-11(18-17(23)20-6-4-12(9-21)5-7-20)13-2-3-15-14(8-13)19-16(22)10-24-15/h2-3,8,11-12,21H,4-7,9-10H2,1H3,(H,18,23)(H,19,22). The predicted molar refractivity (Wildman–Crippen MR) is 88.9 cm³/mol. The predicted octanol–water partition coefficient (Wildman–Crippen LogP) is 1.49. The van der Waals surface area contributed by atoms with Crippen molar-refractivity contribution in [3.63, 3.8) is 0 Å². The smallest absolute Gasteiger partial charge is 0.317 e. The van der Waals surface area contributed by atoms with Crippen LogP contribution in [0.4, 0.5) is 10.5 Å². The van der Waals surface area contributed by atoms with E-state index in [2.05, 4.69) is 10.6 Å². The summed E-state index contributed by atoms with van der Waals surface area (Å²) in [5.74, 6) is 0.766. The lowest BCUT2D eigenvalue weighted by Crippen LogP contribution is -2.45. The van der Waals surface area contributed by atoms with E-state index in [1.54, 1.807) is 11.0 Å². The molecule has 2 heterocycles. The molecule has 1 fully saturated rings. The van der Waals surface area contributed by atoms with E-state index in [4.69, 9.17) is 9.84 Å². The van der Waals surface area contributed by atoms with Gasteiger partial charge in [-0.25, -0.2) is 4.79 Å². The summed E-state index contributed by atoms with van der Waals surface area (Å²) in [7, 11) is 0. The number of anilines is 1. The van der Waals surface area contributed by atoms with Crippen molar-refractivity contribution in [3.8, 4) is 5.75 Å². The Balaban J connectivity index is 1.60. The third-order valence-electron chi connectivity index (χ3n) is 4.64. The van der Waals surface area contributed by atoms with E-state index >= 15 is 0 Å². The SMILES string of the molecule is CC(NC(=O)N1CCC(CO)CC1)c1ccc2c(c1)NC(=O)CO2. The Kier molecular flexibility index (Phi) is 4.89. The van der Waals surface area contributed by atoms with E-state index < -0.39 is 0 Å². The van der Waals surface area contributed by atoms with E-state index in [0.717, 1.165) is 18.4 Å². The third-order valence-corrected chi connectivity index (χ3v) is 4.64. The lowest BCUT2D eigenvalue weighted by Gasteiger charge is -2.32. The number of likely N-dealkylation sites (tertiary alicyclic amines) is 1. The molecule has 1 aromatic rings. The van der Waals surface area contributed by atoms with Gasteiger partial charge in [0.2, 0.25) is 0 Å². The summed E-state index contributed by atoms with van der Waals surface area (Å²) in [5, 5.41) is 14.9. The van der Waals surface area contributed by atoms with Crippen LogP contribution >= 0.6 is 0 Å². The Morgan fingerprint density at radius 3 is 2.92 bits per heavy atom. The molecule has 0 aromatic heterocycles. The van der Waals surface area contributed by atoms with Gasteiger partial charge in [0.1, 0.15) is 5.75 Å². The number of hydrogen-bond donors (Lipinski definition) is 3. The van der Waals surface area contributed by atoms with Crippen LogP contribution in [0.2, 0.25) is 0 Å². The highest BCUT2D eigenvalue weighted by Gasteiger charge is 2.24. The third kappa shape index (κ3) is 3.62. The van der Waals surface area contributed by atoms with Gasteiger partial charge in [-0.15, -0.1) is 0 Å². The van der Waals surface area contributed by atoms with Crippen LogP contribution in [-0.4, -0.2) is 48.2 Å². The fourth-order valence-corrected chi connectivity index (χ4v) is 3.05. The number of urea groups is 1. The zero-order valence-electron chi connectivity index (χ0n) is 13.7. The first-order valence-electron chi connectivity index (χ1n) is 8.29. The first kappa shape index (κ1) is 16.6. The Morgan fingerprint density at radius 1 is 1.46 bits per heavy atom. The zero-order chi connectivity index (χ0) is 17.1. The highest BCUT2D eigenvalue weighted by atomic mass is 16.5. The zero-order valence-corrected chi connectivity index (χ0v) is 13.7. The van der Waals surface area contributed by atoms with Crippen LogP contribution in [0.15, 0.2) is 18.2 Å². The number of nitrogens with zero attached hydrogens (tertiary/aromatic N) is 1. The lowest BCUT2D eigenvalue weighted by molar-refractivity contribution is -0.118. The molecule has 1 atom stereocenters. The second kappa shape index (κ2) is 7.09. The minimum atomic E-state index is -0.183. The molecule has 2 aliphatic heterocycles. The topological polar surface area (TPSA) is 90.9 Å². The van der Waals surface area contributed by atoms with Crippen molar-refractivity contribution in [1.29, 1.82) is 0 Å².